The highest BCUT2D eigenvalue weighted by molar-refractivity contribution is 7.90. The summed E-state index contributed by atoms with van der Waals surface area (Å²) in [5.41, 5.74) is 3.15. The minimum Gasteiger partial charge on any atom is -0.508 e. The second-order valence-corrected chi connectivity index (χ2v) is 13.9. The Morgan fingerprint density at radius 3 is 2.26 bits per heavy atom. The van der Waals surface area contributed by atoms with E-state index in [4.69, 9.17) is 23.2 Å². The van der Waals surface area contributed by atoms with E-state index in [0.29, 0.717) is 10.9 Å². The standard InChI is InChI=1S/C26H22Cl2NO7PS/c1-37(34,19-7-4-6-18(30)15-19)10-9-17-12-21(27)24(22(28)13-17)25(31)29-23(26(32)33)14-16-5-3-8-20(11-16)38(2,35)36/h3-8,11-13,15,23,30H,14H2,1-2H3,(H,29,31)(H,32,33)/t23-,37?/m0/s1. The van der Waals surface area contributed by atoms with Crippen LogP contribution in [0.15, 0.2) is 65.6 Å². The van der Waals surface area contributed by atoms with Crippen molar-refractivity contribution in [1.29, 1.82) is 0 Å². The molecule has 3 rings (SSSR count). The Labute approximate surface area is 229 Å². The first kappa shape index (κ1) is 29.3. The maximum Gasteiger partial charge on any atom is 0.326 e. The number of benzene rings is 3. The lowest BCUT2D eigenvalue weighted by molar-refractivity contribution is -0.139. The highest BCUT2D eigenvalue weighted by Gasteiger charge is 2.25. The predicted octanol–water partition coefficient (Wildman–Crippen LogP) is 4.16. The molecule has 1 amide bonds. The summed E-state index contributed by atoms with van der Waals surface area (Å²) >= 11 is 12.6. The van der Waals surface area contributed by atoms with Gasteiger partial charge in [0.2, 0.25) is 0 Å². The van der Waals surface area contributed by atoms with Gasteiger partial charge in [-0.3, -0.25) is 4.79 Å². The van der Waals surface area contributed by atoms with Crippen LogP contribution in [0.5, 0.6) is 5.75 Å². The molecular formula is C26H22Cl2NO7PS. The molecule has 0 spiro atoms. The number of aromatic hydroxyl groups is 1. The summed E-state index contributed by atoms with van der Waals surface area (Å²) in [7, 11) is -6.67. The normalized spacial score (nSPS) is 13.5. The molecule has 0 saturated heterocycles. The number of sulfone groups is 1. The number of rotatable bonds is 7. The van der Waals surface area contributed by atoms with Gasteiger partial charge in [-0.1, -0.05) is 53.4 Å². The molecule has 3 aromatic carbocycles. The van der Waals surface area contributed by atoms with Crippen LogP contribution in [0.3, 0.4) is 0 Å². The largest absolute Gasteiger partial charge is 0.508 e. The van der Waals surface area contributed by atoms with E-state index < -0.39 is 34.9 Å². The van der Waals surface area contributed by atoms with E-state index in [1.165, 1.54) is 49.1 Å². The molecule has 1 unspecified atom stereocenters. The molecule has 0 aliphatic heterocycles. The molecule has 0 saturated carbocycles. The fourth-order valence-corrected chi connectivity index (χ4v) is 6.00. The second-order valence-electron chi connectivity index (χ2n) is 8.48. The van der Waals surface area contributed by atoms with Gasteiger partial charge < -0.3 is 20.1 Å². The number of carbonyl (C=O) groups excluding carboxylic acids is 1. The molecule has 12 heteroatoms. The van der Waals surface area contributed by atoms with Gasteiger partial charge in [0.05, 0.1) is 20.5 Å². The topological polar surface area (TPSA) is 138 Å². The van der Waals surface area contributed by atoms with Crippen molar-refractivity contribution in [3.05, 3.63) is 87.4 Å². The van der Waals surface area contributed by atoms with E-state index in [1.54, 1.807) is 18.2 Å². The molecule has 0 radical (unpaired) electrons. The van der Waals surface area contributed by atoms with E-state index in [1.807, 2.05) is 0 Å². The number of phenols is 1. The fraction of sp³-hybridized carbons (Fsp3) is 0.154. The molecule has 0 fully saturated rings. The molecule has 2 atom stereocenters. The van der Waals surface area contributed by atoms with Crippen LogP contribution in [0, 0.1) is 11.6 Å². The number of nitrogens with one attached hydrogen (secondary N) is 1. The highest BCUT2D eigenvalue weighted by Crippen LogP contribution is 2.39. The van der Waals surface area contributed by atoms with Crippen molar-refractivity contribution in [2.24, 2.45) is 0 Å². The van der Waals surface area contributed by atoms with Crippen molar-refractivity contribution in [1.82, 2.24) is 5.32 Å². The average molecular weight is 594 g/mol. The van der Waals surface area contributed by atoms with Crippen LogP contribution < -0.4 is 10.6 Å². The number of carboxylic acids is 1. The van der Waals surface area contributed by atoms with Gasteiger partial charge in [-0.15, -0.1) is 0 Å². The van der Waals surface area contributed by atoms with Gasteiger partial charge in [0, 0.05) is 30.2 Å². The third kappa shape index (κ3) is 7.40. The number of amides is 1. The van der Waals surface area contributed by atoms with Gasteiger partial charge in [0.1, 0.15) is 11.8 Å². The summed E-state index contributed by atoms with van der Waals surface area (Å²) in [6.07, 6.45) is 0.844. The molecule has 0 aromatic heterocycles. The van der Waals surface area contributed by atoms with Crippen molar-refractivity contribution in [2.45, 2.75) is 17.4 Å². The summed E-state index contributed by atoms with van der Waals surface area (Å²) < 4.78 is 36.6. The Morgan fingerprint density at radius 2 is 1.68 bits per heavy atom. The lowest BCUT2D eigenvalue weighted by Crippen LogP contribution is -2.42. The first-order chi connectivity index (χ1) is 17.7. The van der Waals surface area contributed by atoms with E-state index in [9.17, 15) is 32.8 Å². The molecule has 0 heterocycles. The quantitative estimate of drug-likeness (QED) is 0.276. The van der Waals surface area contributed by atoms with Crippen molar-refractivity contribution in [3.63, 3.8) is 0 Å². The predicted molar refractivity (Wildman–Crippen MR) is 147 cm³/mol. The summed E-state index contributed by atoms with van der Waals surface area (Å²) in [5, 5.41) is 21.8. The summed E-state index contributed by atoms with van der Waals surface area (Å²) in [4.78, 5) is 24.8. The van der Waals surface area contributed by atoms with Crippen molar-refractivity contribution in [3.8, 4) is 17.3 Å². The molecule has 198 valence electrons. The zero-order chi connectivity index (χ0) is 28.3. The van der Waals surface area contributed by atoms with Gasteiger partial charge >= 0.3 is 5.97 Å². The summed E-state index contributed by atoms with van der Waals surface area (Å²) in [6.45, 7) is 1.44. The van der Waals surface area contributed by atoms with Crippen LogP contribution in [-0.2, 0) is 25.6 Å². The Morgan fingerprint density at radius 1 is 1.05 bits per heavy atom. The number of carbonyl (C=O) groups is 2. The minimum atomic E-state index is -3.50. The Bertz CT molecular complexity index is 1620. The van der Waals surface area contributed by atoms with Crippen molar-refractivity contribution >= 4 is 57.4 Å². The van der Waals surface area contributed by atoms with Crippen molar-refractivity contribution in [2.75, 3.05) is 12.9 Å². The maximum atomic E-state index is 13.0. The zero-order valence-electron chi connectivity index (χ0n) is 20.1. The molecule has 0 aliphatic rings. The first-order valence-electron chi connectivity index (χ1n) is 10.9. The van der Waals surface area contributed by atoms with Crippen LogP contribution in [0.25, 0.3) is 0 Å². The van der Waals surface area contributed by atoms with Gasteiger partial charge in [0.25, 0.3) is 5.91 Å². The van der Waals surface area contributed by atoms with E-state index in [2.05, 4.69) is 16.9 Å². The number of hydrogen-bond donors (Lipinski definition) is 3. The van der Waals surface area contributed by atoms with Crippen LogP contribution in [-0.4, -0.2) is 49.5 Å². The van der Waals surface area contributed by atoms with Crippen LogP contribution in [0.4, 0.5) is 0 Å². The van der Waals surface area contributed by atoms with Gasteiger partial charge in [0.15, 0.2) is 17.0 Å². The average Bonchev–Trinajstić information content (AvgIpc) is 2.81. The van der Waals surface area contributed by atoms with E-state index in [-0.39, 0.29) is 38.2 Å². The molecule has 3 N–H and O–H groups in total. The van der Waals surface area contributed by atoms with E-state index in [0.717, 1.165) is 6.26 Å². The van der Waals surface area contributed by atoms with Crippen LogP contribution >= 0.6 is 30.3 Å². The Hall–Kier alpha value is -3.28. The Kier molecular flexibility index (Phi) is 8.96. The molecule has 8 nitrogen and oxygen atoms in total. The SMILES string of the molecule is CP(=O)(C#Cc1cc(Cl)c(C(=O)N[C@@H](Cc2cccc(S(C)(=O)=O)c2)C(=O)O)c(Cl)c1)c1cccc(O)c1. The number of hydrogen-bond acceptors (Lipinski definition) is 6. The summed E-state index contributed by atoms with van der Waals surface area (Å²) in [6, 6.07) is 13.0. The monoisotopic (exact) mass is 593 g/mol. The number of aliphatic carboxylic acids is 1. The molecule has 0 bridgehead atoms. The van der Waals surface area contributed by atoms with Gasteiger partial charge in [-0.05, 0) is 47.6 Å². The van der Waals surface area contributed by atoms with Crippen molar-refractivity contribution < 1.29 is 32.8 Å². The third-order valence-electron chi connectivity index (χ3n) is 5.38. The maximum absolute atomic E-state index is 13.0. The lowest BCUT2D eigenvalue weighted by atomic mass is 10.0. The van der Waals surface area contributed by atoms with Crippen LogP contribution in [0.2, 0.25) is 10.0 Å². The first-order valence-corrected chi connectivity index (χ1v) is 15.7. The number of halogens is 2. The van der Waals surface area contributed by atoms with E-state index >= 15 is 0 Å². The molecular weight excluding hydrogens is 572 g/mol. The fourth-order valence-electron chi connectivity index (χ4n) is 3.43. The minimum absolute atomic E-state index is 0.0222. The third-order valence-corrected chi connectivity index (χ3v) is 8.88. The van der Waals surface area contributed by atoms with Crippen LogP contribution in [0.1, 0.15) is 21.5 Å². The van der Waals surface area contributed by atoms with Gasteiger partial charge in [-0.2, -0.15) is 0 Å². The number of phenolic OH excluding ortho intramolecular Hbond substituents is 1. The number of carboxylic acid groups (broad SMARTS) is 1. The highest BCUT2D eigenvalue weighted by atomic mass is 35.5. The molecule has 0 aliphatic carbocycles. The second kappa shape index (κ2) is 11.6. The summed E-state index contributed by atoms with van der Waals surface area (Å²) in [5.74, 6) is 0.477. The lowest BCUT2D eigenvalue weighted by Gasteiger charge is -2.16. The molecule has 3 aromatic rings. The smallest absolute Gasteiger partial charge is 0.326 e. The zero-order valence-corrected chi connectivity index (χ0v) is 23.3. The Balaban J connectivity index is 1.84. The van der Waals surface area contributed by atoms with Gasteiger partial charge in [-0.25, -0.2) is 13.2 Å². The molecule has 38 heavy (non-hydrogen) atoms.